The van der Waals surface area contributed by atoms with Crippen LogP contribution in [-0.2, 0) is 10.5 Å². The van der Waals surface area contributed by atoms with Gasteiger partial charge in [0, 0.05) is 48.5 Å². The number of likely N-dealkylation sites (tertiary alicyclic amines) is 1. The molecule has 1 amide bonds. The minimum Gasteiger partial charge on any atom is -0.354 e. The van der Waals surface area contributed by atoms with Gasteiger partial charge in [-0.15, -0.1) is 0 Å². The Morgan fingerprint density at radius 1 is 1.30 bits per heavy atom. The predicted octanol–water partition coefficient (Wildman–Crippen LogP) is 3.89. The zero-order valence-corrected chi connectivity index (χ0v) is 21.4. The molecular formula is C27H33FN8O. The Balaban J connectivity index is 1.29. The number of aromatic nitrogens is 4. The summed E-state index contributed by atoms with van der Waals surface area (Å²) in [7, 11) is 0. The first-order chi connectivity index (χ1) is 17.9. The molecule has 3 N–H and O–H groups in total. The fourth-order valence-corrected chi connectivity index (χ4v) is 5.15. The Morgan fingerprint density at radius 2 is 2.11 bits per heavy atom. The number of nitrogens with zero attached hydrogens (tertiary/aromatic N) is 5. The highest BCUT2D eigenvalue weighted by atomic mass is 19.1. The molecule has 2 aliphatic rings. The summed E-state index contributed by atoms with van der Waals surface area (Å²) >= 11 is 0. The number of alkyl halides is 1. The smallest absolute Gasteiger partial charge is 0.239 e. The number of anilines is 1. The number of hydrogen-bond donors (Lipinski definition) is 3. The number of nitrogens with one attached hydrogen (secondary N) is 3. The van der Waals surface area contributed by atoms with Crippen molar-refractivity contribution in [3.63, 3.8) is 0 Å². The summed E-state index contributed by atoms with van der Waals surface area (Å²) in [5, 5.41) is 17.0. The monoisotopic (exact) mass is 504 g/mol. The van der Waals surface area contributed by atoms with Gasteiger partial charge in [0.25, 0.3) is 0 Å². The Labute approximate surface area is 215 Å². The van der Waals surface area contributed by atoms with E-state index in [0.29, 0.717) is 58.2 Å². The summed E-state index contributed by atoms with van der Waals surface area (Å²) in [4.78, 5) is 31.2. The van der Waals surface area contributed by atoms with Gasteiger partial charge in [-0.25, -0.2) is 19.3 Å². The van der Waals surface area contributed by atoms with E-state index in [-0.39, 0.29) is 11.9 Å². The Morgan fingerprint density at radius 3 is 2.81 bits per heavy atom. The third kappa shape index (κ3) is 5.14. The van der Waals surface area contributed by atoms with Crippen molar-refractivity contribution in [2.24, 2.45) is 5.92 Å². The molecule has 194 valence electrons. The molecule has 0 spiro atoms. The molecule has 10 heteroatoms. The number of carbonyl (C=O) groups is 1. The van der Waals surface area contributed by atoms with Crippen LogP contribution in [0.25, 0.3) is 22.3 Å². The molecule has 0 aliphatic carbocycles. The molecule has 0 saturated carbocycles. The number of nitriles is 1. The van der Waals surface area contributed by atoms with Gasteiger partial charge in [-0.05, 0) is 57.6 Å². The predicted molar refractivity (Wildman–Crippen MR) is 139 cm³/mol. The molecule has 5 rings (SSSR count). The summed E-state index contributed by atoms with van der Waals surface area (Å²) in [6, 6.07) is 3.94. The highest BCUT2D eigenvalue weighted by Crippen LogP contribution is 2.34. The molecular weight excluding hydrogens is 471 g/mol. The average molecular weight is 505 g/mol. The molecule has 0 aromatic carbocycles. The summed E-state index contributed by atoms with van der Waals surface area (Å²) in [6.45, 7) is 6.48. The quantitative estimate of drug-likeness (QED) is 0.446. The fraction of sp³-hybridized carbons (Fsp3) is 0.519. The van der Waals surface area contributed by atoms with E-state index in [1.807, 2.05) is 4.90 Å². The van der Waals surface area contributed by atoms with E-state index < -0.39 is 5.67 Å². The first kappa shape index (κ1) is 25.1. The van der Waals surface area contributed by atoms with Crippen molar-refractivity contribution in [1.82, 2.24) is 30.2 Å². The van der Waals surface area contributed by atoms with Gasteiger partial charge in [0.2, 0.25) is 11.9 Å². The minimum atomic E-state index is -1.50. The Kier molecular flexibility index (Phi) is 7.07. The number of H-pyrrole nitrogens is 1. The lowest BCUT2D eigenvalue weighted by atomic mass is 9.95. The van der Waals surface area contributed by atoms with Crippen LogP contribution in [0.1, 0.15) is 57.1 Å². The highest BCUT2D eigenvalue weighted by molar-refractivity contribution is 5.94. The number of aromatic amines is 1. The molecule has 2 unspecified atom stereocenters. The lowest BCUT2D eigenvalue weighted by Crippen LogP contribution is -2.47. The zero-order valence-electron chi connectivity index (χ0n) is 21.4. The minimum absolute atomic E-state index is 0.0171. The zero-order chi connectivity index (χ0) is 26.0. The first-order valence-electron chi connectivity index (χ1n) is 13.1. The second-order valence-corrected chi connectivity index (χ2v) is 10.2. The van der Waals surface area contributed by atoms with Crippen molar-refractivity contribution < 1.29 is 9.18 Å². The molecule has 0 bridgehead atoms. The molecule has 2 saturated heterocycles. The molecule has 2 aliphatic heterocycles. The highest BCUT2D eigenvalue weighted by Gasteiger charge is 2.30. The van der Waals surface area contributed by atoms with Crippen LogP contribution in [0.3, 0.4) is 0 Å². The topological polar surface area (TPSA) is 123 Å². The van der Waals surface area contributed by atoms with Gasteiger partial charge < -0.3 is 20.5 Å². The van der Waals surface area contributed by atoms with Gasteiger partial charge in [0.1, 0.15) is 17.4 Å². The van der Waals surface area contributed by atoms with Crippen molar-refractivity contribution in [1.29, 1.82) is 5.26 Å². The largest absolute Gasteiger partial charge is 0.354 e. The number of piperidine rings is 1. The second-order valence-electron chi connectivity index (χ2n) is 10.2. The number of fused-ring (bicyclic) bond motifs is 1. The molecule has 37 heavy (non-hydrogen) atoms. The van der Waals surface area contributed by atoms with E-state index in [1.165, 1.54) is 6.20 Å². The van der Waals surface area contributed by atoms with Gasteiger partial charge in [0.05, 0.1) is 23.5 Å². The van der Waals surface area contributed by atoms with Gasteiger partial charge in [-0.3, -0.25) is 4.79 Å². The second kappa shape index (κ2) is 10.4. The van der Waals surface area contributed by atoms with Crippen molar-refractivity contribution in [2.75, 3.05) is 31.5 Å². The SMILES string of the molecule is CCC(C)(F)c1cnc2[nH]cc(-c3nc(NCC4CCN(C(=O)C5CCCN5)CC4)ncc3C#N)c2c1. The molecule has 3 aromatic heterocycles. The van der Waals surface area contributed by atoms with Crippen LogP contribution in [0.2, 0.25) is 0 Å². The maximum absolute atomic E-state index is 15.0. The van der Waals surface area contributed by atoms with Crippen molar-refractivity contribution >= 4 is 22.9 Å². The molecule has 0 radical (unpaired) electrons. The maximum Gasteiger partial charge on any atom is 0.239 e. The van der Waals surface area contributed by atoms with Gasteiger partial charge in [-0.2, -0.15) is 5.26 Å². The third-order valence-electron chi connectivity index (χ3n) is 7.79. The normalized spacial score (nSPS) is 20.1. The van der Waals surface area contributed by atoms with Crippen molar-refractivity contribution in [2.45, 2.75) is 57.7 Å². The number of carbonyl (C=O) groups excluding carboxylic acids is 1. The average Bonchev–Trinajstić information content (AvgIpc) is 3.62. The van der Waals surface area contributed by atoms with E-state index in [1.54, 1.807) is 32.3 Å². The summed E-state index contributed by atoms with van der Waals surface area (Å²) in [5.41, 5.74) is 1.10. The number of rotatable bonds is 7. The van der Waals surface area contributed by atoms with Crippen LogP contribution in [0.15, 0.2) is 24.7 Å². The lowest BCUT2D eigenvalue weighted by molar-refractivity contribution is -0.134. The van der Waals surface area contributed by atoms with Crippen LogP contribution < -0.4 is 10.6 Å². The van der Waals surface area contributed by atoms with E-state index in [2.05, 4.69) is 36.6 Å². The number of halogens is 1. The van der Waals surface area contributed by atoms with Crippen LogP contribution >= 0.6 is 0 Å². The van der Waals surface area contributed by atoms with Crippen LogP contribution in [0, 0.1) is 17.2 Å². The third-order valence-corrected chi connectivity index (χ3v) is 7.79. The number of amides is 1. The Hall–Kier alpha value is -3.58. The van der Waals surface area contributed by atoms with Crippen molar-refractivity contribution in [3.8, 4) is 17.3 Å². The van der Waals surface area contributed by atoms with Gasteiger partial charge in [-0.1, -0.05) is 6.92 Å². The lowest BCUT2D eigenvalue weighted by Gasteiger charge is -2.33. The number of hydrogen-bond acceptors (Lipinski definition) is 7. The summed E-state index contributed by atoms with van der Waals surface area (Å²) < 4.78 is 15.0. The molecule has 5 heterocycles. The van der Waals surface area contributed by atoms with E-state index in [0.717, 1.165) is 45.3 Å². The fourth-order valence-electron chi connectivity index (χ4n) is 5.15. The van der Waals surface area contributed by atoms with Gasteiger partial charge in [0.15, 0.2) is 0 Å². The molecule has 2 atom stereocenters. The van der Waals surface area contributed by atoms with Gasteiger partial charge >= 0.3 is 0 Å². The standard InChI is InChI=1S/C27H33FN8O/c1-3-27(2,28)19-11-20-21(16-32-24(20)31-15-19)23-18(12-29)14-34-26(35-23)33-13-17-6-9-36(10-7-17)25(37)22-5-4-8-30-22/h11,14-17,22,30H,3-10,13H2,1-2H3,(H,31,32)(H,33,34,35). The summed E-state index contributed by atoms with van der Waals surface area (Å²) in [5.74, 6) is 1.07. The van der Waals surface area contributed by atoms with E-state index in [4.69, 9.17) is 0 Å². The van der Waals surface area contributed by atoms with Crippen LogP contribution in [-0.4, -0.2) is 63.0 Å². The van der Waals surface area contributed by atoms with Crippen LogP contribution in [0.5, 0.6) is 0 Å². The van der Waals surface area contributed by atoms with E-state index >= 15 is 0 Å². The molecule has 2 fully saturated rings. The van der Waals surface area contributed by atoms with E-state index in [9.17, 15) is 14.4 Å². The first-order valence-corrected chi connectivity index (χ1v) is 13.1. The number of pyridine rings is 1. The molecule has 3 aromatic rings. The molecule has 9 nitrogen and oxygen atoms in total. The van der Waals surface area contributed by atoms with Crippen LogP contribution in [0.4, 0.5) is 10.3 Å². The maximum atomic E-state index is 15.0. The Bertz CT molecular complexity index is 1320. The summed E-state index contributed by atoms with van der Waals surface area (Å²) in [6.07, 6.45) is 8.98. The van der Waals surface area contributed by atoms with Crippen molar-refractivity contribution in [3.05, 3.63) is 35.8 Å².